The van der Waals surface area contributed by atoms with Gasteiger partial charge in [0.2, 0.25) is 0 Å². The molecule has 92 valence electrons. The van der Waals surface area contributed by atoms with E-state index in [9.17, 15) is 8.78 Å². The van der Waals surface area contributed by atoms with Crippen LogP contribution in [0.15, 0.2) is 30.0 Å². The highest BCUT2D eigenvalue weighted by Crippen LogP contribution is 2.28. The molecule has 1 unspecified atom stereocenters. The van der Waals surface area contributed by atoms with Crippen LogP contribution in [0.1, 0.15) is 24.9 Å². The van der Waals surface area contributed by atoms with Crippen molar-refractivity contribution in [1.82, 2.24) is 5.32 Å². The van der Waals surface area contributed by atoms with Gasteiger partial charge in [-0.2, -0.15) is 0 Å². The zero-order chi connectivity index (χ0) is 12.3. The number of hydrogen-bond donors (Lipinski definition) is 1. The largest absolute Gasteiger partial charge is 0.496 e. The molecule has 0 amide bonds. The van der Waals surface area contributed by atoms with Crippen molar-refractivity contribution in [2.24, 2.45) is 0 Å². The van der Waals surface area contributed by atoms with E-state index in [-0.39, 0.29) is 0 Å². The average molecular weight is 239 g/mol. The van der Waals surface area contributed by atoms with Gasteiger partial charge >= 0.3 is 0 Å². The van der Waals surface area contributed by atoms with E-state index in [1.165, 1.54) is 6.07 Å². The molecule has 0 spiro atoms. The molecule has 4 heteroatoms. The summed E-state index contributed by atoms with van der Waals surface area (Å²) in [6.07, 6.45) is 2.73. The first-order chi connectivity index (χ1) is 8.24. The summed E-state index contributed by atoms with van der Waals surface area (Å²) in [5.74, 6) is -0.963. The molecule has 1 aliphatic rings. The lowest BCUT2D eigenvalue weighted by molar-refractivity contribution is 0.214. The Kier molecular flexibility index (Phi) is 3.74. The molecule has 0 bridgehead atoms. The predicted molar refractivity (Wildman–Crippen MR) is 61.4 cm³/mol. The molecule has 0 aromatic heterocycles. The van der Waals surface area contributed by atoms with Crippen molar-refractivity contribution in [3.05, 3.63) is 47.2 Å². The fourth-order valence-corrected chi connectivity index (χ4v) is 1.95. The van der Waals surface area contributed by atoms with Gasteiger partial charge in [0.15, 0.2) is 11.6 Å². The second-order valence-corrected chi connectivity index (χ2v) is 3.88. The Balaban J connectivity index is 2.35. The minimum atomic E-state index is -0.830. The van der Waals surface area contributed by atoms with Gasteiger partial charge in [0.1, 0.15) is 5.76 Å². The molecule has 1 aliphatic heterocycles. The highest BCUT2D eigenvalue weighted by atomic mass is 19.2. The normalized spacial score (nSPS) is 16.5. The number of rotatable bonds is 4. The van der Waals surface area contributed by atoms with Crippen LogP contribution in [0.4, 0.5) is 8.78 Å². The Morgan fingerprint density at radius 3 is 2.88 bits per heavy atom. The smallest absolute Gasteiger partial charge is 0.164 e. The van der Waals surface area contributed by atoms with Crippen LogP contribution in [0, 0.1) is 11.6 Å². The molecule has 17 heavy (non-hydrogen) atoms. The van der Waals surface area contributed by atoms with Crippen LogP contribution in [0.5, 0.6) is 0 Å². The lowest BCUT2D eigenvalue weighted by Gasteiger charge is -2.20. The zero-order valence-electron chi connectivity index (χ0n) is 9.67. The minimum absolute atomic E-state index is 0.292. The summed E-state index contributed by atoms with van der Waals surface area (Å²) in [5, 5.41) is 3.11. The van der Waals surface area contributed by atoms with Gasteiger partial charge in [-0.25, -0.2) is 8.78 Å². The maximum atomic E-state index is 13.7. The van der Waals surface area contributed by atoms with E-state index in [2.05, 4.69) is 5.32 Å². The molecule has 1 heterocycles. The first-order valence-corrected chi connectivity index (χ1v) is 5.74. The van der Waals surface area contributed by atoms with Crippen LogP contribution in [0.25, 0.3) is 0 Å². The standard InChI is InChI=1S/C13H15F2NO/c1-2-16-13(11-7-4-8-17-11)9-5-3-6-10(14)12(9)15/h3,5-7,13,16H,2,4,8H2,1H3. The van der Waals surface area contributed by atoms with Gasteiger partial charge in [0.05, 0.1) is 12.6 Å². The van der Waals surface area contributed by atoms with Gasteiger partial charge in [0.25, 0.3) is 0 Å². The monoisotopic (exact) mass is 239 g/mol. The molecule has 0 aliphatic carbocycles. The van der Waals surface area contributed by atoms with E-state index in [0.29, 0.717) is 24.5 Å². The highest BCUT2D eigenvalue weighted by Gasteiger charge is 2.24. The molecule has 1 aromatic rings. The van der Waals surface area contributed by atoms with Crippen LogP contribution in [0.3, 0.4) is 0 Å². The summed E-state index contributed by atoms with van der Waals surface area (Å²) in [6.45, 7) is 3.18. The number of ether oxygens (including phenoxy) is 1. The SMILES string of the molecule is CCNC(C1=CCCO1)c1cccc(F)c1F. The van der Waals surface area contributed by atoms with Crippen molar-refractivity contribution < 1.29 is 13.5 Å². The Bertz CT molecular complexity index is 431. The Labute approximate surface area is 99.3 Å². The maximum Gasteiger partial charge on any atom is 0.164 e. The summed E-state index contributed by atoms with van der Waals surface area (Å²) in [4.78, 5) is 0. The van der Waals surface area contributed by atoms with Gasteiger partial charge in [-0.15, -0.1) is 0 Å². The number of hydrogen-bond acceptors (Lipinski definition) is 2. The number of benzene rings is 1. The average Bonchev–Trinajstić information content (AvgIpc) is 2.84. The van der Waals surface area contributed by atoms with Gasteiger partial charge in [0, 0.05) is 12.0 Å². The highest BCUT2D eigenvalue weighted by molar-refractivity contribution is 5.29. The Hall–Kier alpha value is -1.42. The third-order valence-corrected chi connectivity index (χ3v) is 2.72. The van der Waals surface area contributed by atoms with Crippen LogP contribution in [0.2, 0.25) is 0 Å². The summed E-state index contributed by atoms with van der Waals surface area (Å²) < 4.78 is 32.4. The fraction of sp³-hybridized carbons (Fsp3) is 0.385. The van der Waals surface area contributed by atoms with Crippen LogP contribution >= 0.6 is 0 Å². The first-order valence-electron chi connectivity index (χ1n) is 5.74. The molecular formula is C13H15F2NO. The molecule has 0 fully saturated rings. The Morgan fingerprint density at radius 2 is 2.24 bits per heavy atom. The van der Waals surface area contributed by atoms with Crippen LogP contribution in [-0.4, -0.2) is 13.2 Å². The van der Waals surface area contributed by atoms with Crippen molar-refractivity contribution >= 4 is 0 Å². The topological polar surface area (TPSA) is 21.3 Å². The molecule has 0 saturated heterocycles. The third-order valence-electron chi connectivity index (χ3n) is 2.72. The quantitative estimate of drug-likeness (QED) is 0.872. The van der Waals surface area contributed by atoms with E-state index in [4.69, 9.17) is 4.74 Å². The lowest BCUT2D eigenvalue weighted by atomic mass is 10.0. The van der Waals surface area contributed by atoms with E-state index in [1.54, 1.807) is 6.07 Å². The fourth-order valence-electron chi connectivity index (χ4n) is 1.95. The molecular weight excluding hydrogens is 224 g/mol. The molecule has 2 nitrogen and oxygen atoms in total. The molecule has 2 rings (SSSR count). The summed E-state index contributed by atoms with van der Waals surface area (Å²) in [5.41, 5.74) is 0.292. The summed E-state index contributed by atoms with van der Waals surface area (Å²) in [6, 6.07) is 3.80. The van der Waals surface area contributed by atoms with Crippen LogP contribution in [-0.2, 0) is 4.74 Å². The number of nitrogens with one attached hydrogen (secondary N) is 1. The molecule has 0 saturated carbocycles. The molecule has 1 atom stereocenters. The minimum Gasteiger partial charge on any atom is -0.496 e. The van der Waals surface area contributed by atoms with Gasteiger partial charge in [-0.3, -0.25) is 0 Å². The van der Waals surface area contributed by atoms with Gasteiger partial charge < -0.3 is 10.1 Å². The molecule has 1 aromatic carbocycles. The van der Waals surface area contributed by atoms with Gasteiger partial charge in [-0.05, 0) is 18.7 Å². The van der Waals surface area contributed by atoms with Crippen molar-refractivity contribution in [3.63, 3.8) is 0 Å². The van der Waals surface area contributed by atoms with E-state index >= 15 is 0 Å². The van der Waals surface area contributed by atoms with E-state index in [1.807, 2.05) is 13.0 Å². The van der Waals surface area contributed by atoms with Crippen molar-refractivity contribution in [1.29, 1.82) is 0 Å². The second kappa shape index (κ2) is 5.27. The number of halogens is 2. The van der Waals surface area contributed by atoms with Gasteiger partial charge in [-0.1, -0.05) is 19.1 Å². The summed E-state index contributed by atoms with van der Waals surface area (Å²) in [7, 11) is 0. The van der Waals surface area contributed by atoms with E-state index in [0.717, 1.165) is 12.5 Å². The predicted octanol–water partition coefficient (Wildman–Crippen LogP) is 2.92. The first kappa shape index (κ1) is 12.0. The second-order valence-electron chi connectivity index (χ2n) is 3.88. The summed E-state index contributed by atoms with van der Waals surface area (Å²) >= 11 is 0. The lowest BCUT2D eigenvalue weighted by Crippen LogP contribution is -2.24. The van der Waals surface area contributed by atoms with Crippen molar-refractivity contribution in [3.8, 4) is 0 Å². The third kappa shape index (κ3) is 2.47. The number of likely N-dealkylation sites (N-methyl/N-ethyl adjacent to an activating group) is 1. The van der Waals surface area contributed by atoms with Crippen molar-refractivity contribution in [2.45, 2.75) is 19.4 Å². The van der Waals surface area contributed by atoms with E-state index < -0.39 is 17.7 Å². The Morgan fingerprint density at radius 1 is 1.41 bits per heavy atom. The molecule has 1 N–H and O–H groups in total. The maximum absolute atomic E-state index is 13.7. The molecule has 0 radical (unpaired) electrons. The zero-order valence-corrected chi connectivity index (χ0v) is 9.67. The van der Waals surface area contributed by atoms with Crippen LogP contribution < -0.4 is 5.32 Å². The van der Waals surface area contributed by atoms with Crippen molar-refractivity contribution in [2.75, 3.05) is 13.2 Å².